The third-order valence-corrected chi connectivity index (χ3v) is 6.29. The van der Waals surface area contributed by atoms with Gasteiger partial charge in [-0.05, 0) is 49.9 Å². The van der Waals surface area contributed by atoms with Crippen molar-refractivity contribution >= 4 is 5.97 Å². The standard InChI is InChI=1S/C15H24O2/c1-9-5-6-12-11-7-14(3,13(9)12)15(4,8-11)17-10(2)16/h9,11-13H,5-8H2,1-4H3. The summed E-state index contributed by atoms with van der Waals surface area (Å²) in [7, 11) is 0. The summed E-state index contributed by atoms with van der Waals surface area (Å²) in [4.78, 5) is 11.4. The van der Waals surface area contributed by atoms with Crippen molar-refractivity contribution in [3.05, 3.63) is 0 Å². The molecule has 2 bridgehead atoms. The van der Waals surface area contributed by atoms with Crippen molar-refractivity contribution in [2.24, 2.45) is 29.1 Å². The van der Waals surface area contributed by atoms with Gasteiger partial charge in [-0.2, -0.15) is 0 Å². The highest BCUT2D eigenvalue weighted by molar-refractivity contribution is 5.66. The van der Waals surface area contributed by atoms with Crippen molar-refractivity contribution in [3.8, 4) is 0 Å². The molecule has 3 saturated carbocycles. The van der Waals surface area contributed by atoms with Gasteiger partial charge >= 0.3 is 5.97 Å². The van der Waals surface area contributed by atoms with E-state index in [9.17, 15) is 4.79 Å². The molecule has 6 unspecified atom stereocenters. The summed E-state index contributed by atoms with van der Waals surface area (Å²) >= 11 is 0. The van der Waals surface area contributed by atoms with Gasteiger partial charge in [-0.1, -0.05) is 20.3 Å². The molecule has 17 heavy (non-hydrogen) atoms. The van der Waals surface area contributed by atoms with Crippen molar-refractivity contribution in [1.82, 2.24) is 0 Å². The van der Waals surface area contributed by atoms with E-state index in [2.05, 4.69) is 20.8 Å². The number of fused-ring (bicyclic) bond motifs is 5. The van der Waals surface area contributed by atoms with Gasteiger partial charge in [-0.25, -0.2) is 0 Å². The summed E-state index contributed by atoms with van der Waals surface area (Å²) < 4.78 is 5.75. The van der Waals surface area contributed by atoms with Crippen molar-refractivity contribution in [2.75, 3.05) is 0 Å². The molecule has 0 radical (unpaired) electrons. The zero-order valence-electron chi connectivity index (χ0n) is 11.5. The number of esters is 1. The van der Waals surface area contributed by atoms with Crippen molar-refractivity contribution in [2.45, 2.75) is 59.0 Å². The van der Waals surface area contributed by atoms with Crippen LogP contribution >= 0.6 is 0 Å². The molecule has 96 valence electrons. The molecule has 0 spiro atoms. The molecule has 3 aliphatic carbocycles. The fourth-order valence-electron chi connectivity index (χ4n) is 5.70. The smallest absolute Gasteiger partial charge is 0.303 e. The Hall–Kier alpha value is -0.530. The van der Waals surface area contributed by atoms with E-state index in [4.69, 9.17) is 4.74 Å². The highest BCUT2D eigenvalue weighted by Gasteiger charge is 2.69. The predicted molar refractivity (Wildman–Crippen MR) is 66.4 cm³/mol. The minimum Gasteiger partial charge on any atom is -0.459 e. The van der Waals surface area contributed by atoms with Gasteiger partial charge in [0.15, 0.2) is 0 Å². The molecule has 2 heteroatoms. The Morgan fingerprint density at radius 2 is 1.94 bits per heavy atom. The van der Waals surface area contributed by atoms with Gasteiger partial charge in [0.25, 0.3) is 0 Å². The van der Waals surface area contributed by atoms with Crippen LogP contribution in [-0.4, -0.2) is 11.6 Å². The highest BCUT2D eigenvalue weighted by atomic mass is 16.6. The number of ether oxygens (including phenoxy) is 1. The molecule has 0 N–H and O–H groups in total. The molecule has 3 fully saturated rings. The SMILES string of the molecule is CC(=O)OC1(C)CC2CC1(C)C1C(C)CCC21. The quantitative estimate of drug-likeness (QED) is 0.652. The maximum absolute atomic E-state index is 11.4. The van der Waals surface area contributed by atoms with E-state index in [-0.39, 0.29) is 17.0 Å². The Labute approximate surface area is 104 Å². The third kappa shape index (κ3) is 1.30. The van der Waals surface area contributed by atoms with Crippen LogP contribution in [0.25, 0.3) is 0 Å². The minimum atomic E-state index is -0.205. The first-order chi connectivity index (χ1) is 7.87. The van der Waals surface area contributed by atoms with Crippen molar-refractivity contribution in [3.63, 3.8) is 0 Å². The van der Waals surface area contributed by atoms with E-state index in [1.807, 2.05) is 0 Å². The van der Waals surface area contributed by atoms with Crippen LogP contribution in [0.5, 0.6) is 0 Å². The lowest BCUT2D eigenvalue weighted by Gasteiger charge is -2.48. The first kappa shape index (κ1) is 11.6. The average molecular weight is 236 g/mol. The van der Waals surface area contributed by atoms with Crippen LogP contribution in [0.4, 0.5) is 0 Å². The Balaban J connectivity index is 1.95. The van der Waals surface area contributed by atoms with E-state index in [1.54, 1.807) is 6.92 Å². The lowest BCUT2D eigenvalue weighted by atomic mass is 9.62. The van der Waals surface area contributed by atoms with Gasteiger partial charge in [0.2, 0.25) is 0 Å². The molecule has 3 rings (SSSR count). The monoisotopic (exact) mass is 236 g/mol. The van der Waals surface area contributed by atoms with E-state index in [1.165, 1.54) is 19.3 Å². The molecular weight excluding hydrogens is 212 g/mol. The summed E-state index contributed by atoms with van der Waals surface area (Å²) in [5, 5.41) is 0. The van der Waals surface area contributed by atoms with Gasteiger partial charge in [0.1, 0.15) is 5.60 Å². The van der Waals surface area contributed by atoms with Crippen LogP contribution in [0, 0.1) is 29.1 Å². The molecule has 0 aromatic rings. The lowest BCUT2D eigenvalue weighted by Crippen LogP contribution is -2.50. The normalized spacial score (nSPS) is 56.0. The lowest BCUT2D eigenvalue weighted by molar-refractivity contribution is -0.176. The van der Waals surface area contributed by atoms with Gasteiger partial charge < -0.3 is 4.74 Å². The van der Waals surface area contributed by atoms with Gasteiger partial charge in [0.05, 0.1) is 0 Å². The predicted octanol–water partition coefficient (Wildman–Crippen LogP) is 3.40. The summed E-state index contributed by atoms with van der Waals surface area (Å²) in [6, 6.07) is 0. The van der Waals surface area contributed by atoms with Crippen LogP contribution in [0.3, 0.4) is 0 Å². The second-order valence-corrected chi connectivity index (χ2v) is 7.15. The van der Waals surface area contributed by atoms with Crippen molar-refractivity contribution in [1.29, 1.82) is 0 Å². The van der Waals surface area contributed by atoms with Crippen LogP contribution in [0.2, 0.25) is 0 Å². The van der Waals surface area contributed by atoms with Crippen LogP contribution in [-0.2, 0) is 9.53 Å². The fourth-order valence-corrected chi connectivity index (χ4v) is 5.70. The maximum atomic E-state index is 11.4. The molecule has 0 aromatic carbocycles. The zero-order chi connectivity index (χ0) is 12.4. The van der Waals surface area contributed by atoms with Gasteiger partial charge in [0, 0.05) is 12.3 Å². The first-order valence-electron chi connectivity index (χ1n) is 7.07. The highest BCUT2D eigenvalue weighted by Crippen LogP contribution is 2.71. The second kappa shape index (κ2) is 3.27. The largest absolute Gasteiger partial charge is 0.459 e. The fraction of sp³-hybridized carbons (Fsp3) is 0.933. The third-order valence-electron chi connectivity index (χ3n) is 6.29. The molecule has 0 amide bonds. The summed E-state index contributed by atoms with van der Waals surface area (Å²) in [6.07, 6.45) is 5.15. The minimum absolute atomic E-state index is 0.108. The molecule has 0 aliphatic heterocycles. The van der Waals surface area contributed by atoms with E-state index in [0.717, 1.165) is 30.1 Å². The average Bonchev–Trinajstić information content (AvgIpc) is 2.75. The number of rotatable bonds is 1. The number of carbonyl (C=O) groups is 1. The number of carbonyl (C=O) groups excluding carboxylic acids is 1. The van der Waals surface area contributed by atoms with Crippen molar-refractivity contribution < 1.29 is 9.53 Å². The summed E-state index contributed by atoms with van der Waals surface area (Å²) in [5.74, 6) is 3.21. The van der Waals surface area contributed by atoms with E-state index >= 15 is 0 Å². The zero-order valence-corrected chi connectivity index (χ0v) is 11.5. The Morgan fingerprint density at radius 1 is 1.24 bits per heavy atom. The topological polar surface area (TPSA) is 26.3 Å². The van der Waals surface area contributed by atoms with Crippen LogP contribution in [0.1, 0.15) is 53.4 Å². The van der Waals surface area contributed by atoms with E-state index in [0.29, 0.717) is 0 Å². The Bertz CT molecular complexity index is 364. The number of hydrogen-bond donors (Lipinski definition) is 0. The number of hydrogen-bond acceptors (Lipinski definition) is 2. The molecule has 0 aromatic heterocycles. The van der Waals surface area contributed by atoms with Gasteiger partial charge in [-0.15, -0.1) is 0 Å². The summed E-state index contributed by atoms with van der Waals surface area (Å²) in [5.41, 5.74) is 0.0210. The maximum Gasteiger partial charge on any atom is 0.303 e. The van der Waals surface area contributed by atoms with E-state index < -0.39 is 0 Å². The summed E-state index contributed by atoms with van der Waals surface area (Å²) in [6.45, 7) is 8.50. The van der Waals surface area contributed by atoms with Crippen LogP contribution in [0.15, 0.2) is 0 Å². The Kier molecular flexibility index (Phi) is 2.22. The molecule has 6 atom stereocenters. The molecule has 2 nitrogen and oxygen atoms in total. The molecule has 0 heterocycles. The molecular formula is C15H24O2. The van der Waals surface area contributed by atoms with Gasteiger partial charge in [-0.3, -0.25) is 4.79 Å². The molecule has 0 saturated heterocycles. The second-order valence-electron chi connectivity index (χ2n) is 7.15. The Morgan fingerprint density at radius 3 is 2.59 bits per heavy atom. The molecule has 3 aliphatic rings. The first-order valence-corrected chi connectivity index (χ1v) is 7.07. The van der Waals surface area contributed by atoms with Crippen LogP contribution < -0.4 is 0 Å².